The quantitative estimate of drug-likeness (QED) is 0.728. The summed E-state index contributed by atoms with van der Waals surface area (Å²) in [6.45, 7) is 0.0681. The summed E-state index contributed by atoms with van der Waals surface area (Å²) in [4.78, 5) is 12.4. The maximum atomic E-state index is 12.2. The Balaban J connectivity index is 1.53. The molecular weight excluding hydrogens is 416 g/mol. The highest BCUT2D eigenvalue weighted by molar-refractivity contribution is 9.10. The standard InChI is InChI=1S/C19H21BrN2O3S/c20-15-8-10-16(11-9-15)26(24,25)21-13-12-19(23)22-18-7-3-5-14-4-1-2-6-17(14)18/h1-2,4,6,8-11,18,21H,3,5,7,12-13H2,(H,22,23)/t18-/m1/s1. The number of benzene rings is 2. The molecule has 3 rings (SSSR count). The van der Waals surface area contributed by atoms with E-state index in [4.69, 9.17) is 0 Å². The van der Waals surface area contributed by atoms with Crippen LogP contribution in [0.5, 0.6) is 0 Å². The number of amides is 1. The van der Waals surface area contributed by atoms with E-state index in [2.05, 4.69) is 38.1 Å². The van der Waals surface area contributed by atoms with E-state index in [9.17, 15) is 13.2 Å². The van der Waals surface area contributed by atoms with Crippen molar-refractivity contribution in [3.8, 4) is 0 Å². The maximum Gasteiger partial charge on any atom is 0.240 e. The normalized spacial score (nSPS) is 16.7. The van der Waals surface area contributed by atoms with Crippen molar-refractivity contribution in [2.45, 2.75) is 36.6 Å². The highest BCUT2D eigenvalue weighted by Gasteiger charge is 2.21. The number of rotatable bonds is 6. The Kier molecular flexibility index (Phi) is 6.11. The Hall–Kier alpha value is -1.70. The molecule has 5 nitrogen and oxygen atoms in total. The molecule has 138 valence electrons. The summed E-state index contributed by atoms with van der Waals surface area (Å²) in [6, 6.07) is 14.5. The summed E-state index contributed by atoms with van der Waals surface area (Å²) in [7, 11) is -3.61. The number of sulfonamides is 1. The fourth-order valence-electron chi connectivity index (χ4n) is 3.17. The fourth-order valence-corrected chi connectivity index (χ4v) is 4.46. The summed E-state index contributed by atoms with van der Waals surface area (Å²) >= 11 is 3.27. The SMILES string of the molecule is O=C(CCNS(=O)(=O)c1ccc(Br)cc1)N[C@@H]1CCCc2ccccc21. The van der Waals surface area contributed by atoms with Crippen LogP contribution in [0.2, 0.25) is 0 Å². The van der Waals surface area contributed by atoms with Crippen molar-refractivity contribution in [2.75, 3.05) is 6.54 Å². The van der Waals surface area contributed by atoms with Crippen LogP contribution in [0, 0.1) is 0 Å². The van der Waals surface area contributed by atoms with Gasteiger partial charge in [-0.1, -0.05) is 40.2 Å². The predicted octanol–water partition coefficient (Wildman–Crippen LogP) is 3.31. The van der Waals surface area contributed by atoms with Crippen LogP contribution in [-0.4, -0.2) is 20.9 Å². The summed E-state index contributed by atoms with van der Waals surface area (Å²) in [5, 5.41) is 3.03. The Bertz CT molecular complexity index is 882. The molecule has 0 bridgehead atoms. The van der Waals surface area contributed by atoms with E-state index in [0.29, 0.717) is 0 Å². The molecule has 1 atom stereocenters. The third-order valence-electron chi connectivity index (χ3n) is 4.47. The third-order valence-corrected chi connectivity index (χ3v) is 6.48. The molecule has 1 amide bonds. The fraction of sp³-hybridized carbons (Fsp3) is 0.316. The topological polar surface area (TPSA) is 75.3 Å². The molecule has 0 heterocycles. The number of nitrogens with one attached hydrogen (secondary N) is 2. The van der Waals surface area contributed by atoms with Gasteiger partial charge in [-0.25, -0.2) is 13.1 Å². The molecule has 0 saturated carbocycles. The van der Waals surface area contributed by atoms with Gasteiger partial charge in [0.05, 0.1) is 10.9 Å². The lowest BCUT2D eigenvalue weighted by Gasteiger charge is -2.26. The first-order valence-corrected chi connectivity index (χ1v) is 10.9. The molecule has 0 aromatic heterocycles. The van der Waals surface area contributed by atoms with E-state index in [1.807, 2.05) is 12.1 Å². The smallest absolute Gasteiger partial charge is 0.240 e. The van der Waals surface area contributed by atoms with Gasteiger partial charge in [0, 0.05) is 17.4 Å². The molecule has 0 radical (unpaired) electrons. The van der Waals surface area contributed by atoms with Gasteiger partial charge in [0.15, 0.2) is 0 Å². The molecule has 0 fully saturated rings. The van der Waals surface area contributed by atoms with Gasteiger partial charge < -0.3 is 5.32 Å². The molecule has 2 aromatic rings. The summed E-state index contributed by atoms with van der Waals surface area (Å²) in [5.74, 6) is -0.148. The van der Waals surface area contributed by atoms with Gasteiger partial charge in [0.1, 0.15) is 0 Å². The zero-order valence-corrected chi connectivity index (χ0v) is 16.6. The zero-order chi connectivity index (χ0) is 18.6. The Labute approximate surface area is 162 Å². The van der Waals surface area contributed by atoms with E-state index in [1.54, 1.807) is 12.1 Å². The van der Waals surface area contributed by atoms with Gasteiger partial charge in [-0.05, 0) is 54.7 Å². The van der Waals surface area contributed by atoms with Gasteiger partial charge in [0.25, 0.3) is 0 Å². The zero-order valence-electron chi connectivity index (χ0n) is 14.2. The molecule has 0 saturated heterocycles. The van der Waals surface area contributed by atoms with Crippen LogP contribution in [0.25, 0.3) is 0 Å². The number of hydrogen-bond donors (Lipinski definition) is 2. The monoisotopic (exact) mass is 436 g/mol. The third kappa shape index (κ3) is 4.72. The van der Waals surface area contributed by atoms with Crippen LogP contribution < -0.4 is 10.0 Å². The molecule has 0 unspecified atom stereocenters. The summed E-state index contributed by atoms with van der Waals surface area (Å²) in [6.07, 6.45) is 3.09. The molecule has 2 N–H and O–H groups in total. The number of carbonyl (C=O) groups excluding carboxylic acids is 1. The Morgan fingerprint density at radius 2 is 1.85 bits per heavy atom. The van der Waals surface area contributed by atoms with Crippen LogP contribution in [-0.2, 0) is 21.2 Å². The number of aryl methyl sites for hydroxylation is 1. The lowest BCUT2D eigenvalue weighted by Crippen LogP contribution is -2.34. The lowest BCUT2D eigenvalue weighted by atomic mass is 9.88. The van der Waals surface area contributed by atoms with Gasteiger partial charge in [-0.15, -0.1) is 0 Å². The van der Waals surface area contributed by atoms with E-state index >= 15 is 0 Å². The molecule has 0 aliphatic heterocycles. The van der Waals surface area contributed by atoms with Crippen molar-refractivity contribution in [3.63, 3.8) is 0 Å². The number of fused-ring (bicyclic) bond motifs is 1. The van der Waals surface area contributed by atoms with Crippen LogP contribution in [0.1, 0.15) is 36.4 Å². The highest BCUT2D eigenvalue weighted by atomic mass is 79.9. The van der Waals surface area contributed by atoms with Gasteiger partial charge >= 0.3 is 0 Å². The minimum Gasteiger partial charge on any atom is -0.349 e. The van der Waals surface area contributed by atoms with Gasteiger partial charge in [0.2, 0.25) is 15.9 Å². The van der Waals surface area contributed by atoms with Crippen molar-refractivity contribution in [1.29, 1.82) is 0 Å². The van der Waals surface area contributed by atoms with E-state index in [0.717, 1.165) is 23.7 Å². The molecular formula is C19H21BrN2O3S. The molecule has 26 heavy (non-hydrogen) atoms. The Morgan fingerprint density at radius 3 is 2.62 bits per heavy atom. The summed E-state index contributed by atoms with van der Waals surface area (Å²) in [5.41, 5.74) is 2.45. The molecule has 0 spiro atoms. The number of halogens is 1. The minimum absolute atomic E-state index is 0.00975. The highest BCUT2D eigenvalue weighted by Crippen LogP contribution is 2.29. The van der Waals surface area contributed by atoms with Crippen molar-refractivity contribution < 1.29 is 13.2 Å². The first-order valence-electron chi connectivity index (χ1n) is 8.58. The van der Waals surface area contributed by atoms with Crippen LogP contribution >= 0.6 is 15.9 Å². The number of hydrogen-bond acceptors (Lipinski definition) is 3. The van der Waals surface area contributed by atoms with Crippen molar-refractivity contribution in [2.24, 2.45) is 0 Å². The summed E-state index contributed by atoms with van der Waals surface area (Å²) < 4.78 is 27.7. The average molecular weight is 437 g/mol. The molecule has 7 heteroatoms. The van der Waals surface area contributed by atoms with E-state index < -0.39 is 10.0 Å². The maximum absolute atomic E-state index is 12.2. The van der Waals surface area contributed by atoms with Crippen LogP contribution in [0.15, 0.2) is 57.9 Å². The molecule has 1 aliphatic carbocycles. The van der Waals surface area contributed by atoms with Crippen LogP contribution in [0.4, 0.5) is 0 Å². The number of carbonyl (C=O) groups is 1. The van der Waals surface area contributed by atoms with E-state index in [-0.39, 0.29) is 29.8 Å². The minimum atomic E-state index is -3.61. The van der Waals surface area contributed by atoms with Crippen molar-refractivity contribution in [3.05, 3.63) is 64.1 Å². The average Bonchev–Trinajstić information content (AvgIpc) is 2.62. The van der Waals surface area contributed by atoms with Crippen molar-refractivity contribution in [1.82, 2.24) is 10.0 Å². The first kappa shape index (κ1) is 19.1. The first-order chi connectivity index (χ1) is 12.5. The van der Waals surface area contributed by atoms with Crippen LogP contribution in [0.3, 0.4) is 0 Å². The second-order valence-corrected chi connectivity index (χ2v) is 9.00. The van der Waals surface area contributed by atoms with Crippen molar-refractivity contribution >= 4 is 31.9 Å². The predicted molar refractivity (Wildman–Crippen MR) is 104 cm³/mol. The second kappa shape index (κ2) is 8.33. The van der Waals surface area contributed by atoms with E-state index in [1.165, 1.54) is 23.3 Å². The Morgan fingerprint density at radius 1 is 1.12 bits per heavy atom. The molecule has 1 aliphatic rings. The molecule has 2 aromatic carbocycles. The van der Waals surface area contributed by atoms with Gasteiger partial charge in [-0.3, -0.25) is 4.79 Å². The largest absolute Gasteiger partial charge is 0.349 e. The van der Waals surface area contributed by atoms with Gasteiger partial charge in [-0.2, -0.15) is 0 Å². The second-order valence-electron chi connectivity index (χ2n) is 6.31. The lowest BCUT2D eigenvalue weighted by molar-refractivity contribution is -0.121.